The third kappa shape index (κ3) is 5.21. The minimum absolute atomic E-state index is 0.112. The molecule has 1 aliphatic heterocycles. The summed E-state index contributed by atoms with van der Waals surface area (Å²) in [5.41, 5.74) is -0.981. The third-order valence-electron chi connectivity index (χ3n) is 6.69. The number of pyridine rings is 1. The molecule has 2 N–H and O–H groups in total. The van der Waals surface area contributed by atoms with Crippen molar-refractivity contribution in [2.75, 3.05) is 6.54 Å². The number of carbonyl (C=O) groups is 2. The lowest BCUT2D eigenvalue weighted by Gasteiger charge is -2.28. The first-order valence-electron chi connectivity index (χ1n) is 11.7. The largest absolute Gasteiger partial charge is 0.419 e. The van der Waals surface area contributed by atoms with Crippen LogP contribution in [0, 0.1) is 24.5 Å². The molecule has 0 spiro atoms. The Hall–Kier alpha value is -3.08. The molecule has 1 aromatic carbocycles. The van der Waals surface area contributed by atoms with E-state index in [9.17, 15) is 36.6 Å². The second-order valence-corrected chi connectivity index (χ2v) is 9.42. The van der Waals surface area contributed by atoms with Gasteiger partial charge in [-0.2, -0.15) is 13.2 Å². The molecule has 1 saturated heterocycles. The topological polar surface area (TPSA) is 82.5 Å². The monoisotopic (exact) mass is 511 g/mol. The van der Waals surface area contributed by atoms with Crippen LogP contribution < -0.4 is 5.32 Å². The molecule has 3 atom stereocenters. The Bertz CT molecular complexity index is 1180. The number of likely N-dealkylation sites (tertiary alicyclic amines) is 1. The van der Waals surface area contributed by atoms with Crippen LogP contribution in [0.25, 0.3) is 0 Å². The van der Waals surface area contributed by atoms with E-state index in [4.69, 9.17) is 0 Å². The van der Waals surface area contributed by atoms with E-state index in [0.717, 1.165) is 0 Å². The van der Waals surface area contributed by atoms with Gasteiger partial charge in [-0.3, -0.25) is 14.6 Å². The molecular weight excluding hydrogens is 485 g/mol. The molecule has 0 bridgehead atoms. The van der Waals surface area contributed by atoms with Gasteiger partial charge < -0.3 is 15.3 Å². The maximum Gasteiger partial charge on any atom is 0.419 e. The maximum absolute atomic E-state index is 14.7. The fraction of sp³-hybridized carbons (Fsp3) is 0.480. The molecule has 2 aliphatic rings. The van der Waals surface area contributed by atoms with E-state index in [0.29, 0.717) is 43.0 Å². The Morgan fingerprint density at radius 3 is 2.42 bits per heavy atom. The van der Waals surface area contributed by atoms with Gasteiger partial charge in [-0.1, -0.05) is 0 Å². The first-order valence-corrected chi connectivity index (χ1v) is 11.7. The summed E-state index contributed by atoms with van der Waals surface area (Å²) in [5.74, 6) is -4.19. The molecule has 194 valence electrons. The molecule has 2 fully saturated rings. The van der Waals surface area contributed by atoms with E-state index in [1.807, 2.05) is 0 Å². The quantitative estimate of drug-likeness (QED) is 0.555. The molecule has 6 nitrogen and oxygen atoms in total. The number of carbonyl (C=O) groups excluding carboxylic acids is 2. The molecule has 1 aromatic heterocycles. The van der Waals surface area contributed by atoms with Crippen molar-refractivity contribution in [3.63, 3.8) is 0 Å². The lowest BCUT2D eigenvalue weighted by molar-refractivity contribution is -0.140. The summed E-state index contributed by atoms with van der Waals surface area (Å²) >= 11 is 0. The van der Waals surface area contributed by atoms with Crippen LogP contribution in [-0.2, 0) is 11.0 Å². The smallest absolute Gasteiger partial charge is 0.389 e. The minimum atomic E-state index is -5.05. The lowest BCUT2D eigenvalue weighted by atomic mass is 9.98. The predicted octanol–water partition coefficient (Wildman–Crippen LogP) is 4.61. The number of alkyl halides is 3. The van der Waals surface area contributed by atoms with E-state index in [1.54, 1.807) is 6.92 Å². The minimum Gasteiger partial charge on any atom is -0.389 e. The van der Waals surface area contributed by atoms with Crippen LogP contribution in [0.15, 0.2) is 24.4 Å². The molecule has 1 saturated carbocycles. The first kappa shape index (κ1) is 26.0. The van der Waals surface area contributed by atoms with Gasteiger partial charge in [0.25, 0.3) is 5.91 Å². The van der Waals surface area contributed by atoms with E-state index >= 15 is 0 Å². The van der Waals surface area contributed by atoms with Gasteiger partial charge in [-0.15, -0.1) is 0 Å². The lowest BCUT2D eigenvalue weighted by Crippen LogP contribution is -2.47. The van der Waals surface area contributed by atoms with E-state index in [-0.39, 0.29) is 29.7 Å². The number of halogens is 5. The summed E-state index contributed by atoms with van der Waals surface area (Å²) in [4.78, 5) is 32.1. The number of nitrogens with one attached hydrogen (secondary N) is 1. The average molecular weight is 511 g/mol. The summed E-state index contributed by atoms with van der Waals surface area (Å²) < 4.78 is 67.8. The zero-order chi connectivity index (χ0) is 26.4. The second kappa shape index (κ2) is 9.76. The molecular formula is C25H26F5N3O3. The van der Waals surface area contributed by atoms with E-state index in [1.165, 1.54) is 24.1 Å². The van der Waals surface area contributed by atoms with Gasteiger partial charge in [0.15, 0.2) is 0 Å². The first-order chi connectivity index (χ1) is 16.9. The van der Waals surface area contributed by atoms with Gasteiger partial charge in [0.1, 0.15) is 17.7 Å². The SMILES string of the molecule is Cc1cc(C(=O)N2CCC[C@@H]2C(=O)NC(c2cc(F)c(C(F)(F)F)cc2F)C2CC2)c(C(C)O)cn1. The van der Waals surface area contributed by atoms with Gasteiger partial charge in [-0.25, -0.2) is 8.78 Å². The van der Waals surface area contributed by atoms with Crippen molar-refractivity contribution in [1.82, 2.24) is 15.2 Å². The molecule has 2 heterocycles. The molecule has 0 radical (unpaired) electrons. The van der Waals surface area contributed by atoms with Gasteiger partial charge in [0, 0.05) is 35.1 Å². The van der Waals surface area contributed by atoms with Crippen molar-refractivity contribution in [1.29, 1.82) is 0 Å². The average Bonchev–Trinajstić information content (AvgIpc) is 3.52. The molecule has 2 amide bonds. The zero-order valence-electron chi connectivity index (χ0n) is 19.7. The number of aliphatic hydroxyl groups excluding tert-OH is 1. The van der Waals surface area contributed by atoms with Crippen LogP contribution in [0.1, 0.15) is 77.5 Å². The van der Waals surface area contributed by atoms with Crippen molar-refractivity contribution in [3.05, 3.63) is 64.0 Å². The summed E-state index contributed by atoms with van der Waals surface area (Å²) in [6, 6.07) is 0.207. The van der Waals surface area contributed by atoms with Crippen LogP contribution in [0.5, 0.6) is 0 Å². The highest BCUT2D eigenvalue weighted by molar-refractivity contribution is 5.99. The van der Waals surface area contributed by atoms with Gasteiger partial charge in [0.05, 0.1) is 17.7 Å². The van der Waals surface area contributed by atoms with Crippen molar-refractivity contribution in [3.8, 4) is 0 Å². The number of aryl methyl sites for hydroxylation is 1. The van der Waals surface area contributed by atoms with Gasteiger partial charge in [0.2, 0.25) is 5.91 Å². The van der Waals surface area contributed by atoms with Crippen LogP contribution in [0.2, 0.25) is 0 Å². The predicted molar refractivity (Wildman–Crippen MR) is 119 cm³/mol. The number of hydrogen-bond acceptors (Lipinski definition) is 4. The standard InChI is InChI=1S/C25H26F5N3O3/c1-12-8-15(17(11-31-12)13(2)34)24(36)33-7-3-4-21(33)23(35)32-22(14-5-6-14)16-9-20(27)18(10-19(16)26)25(28,29)30/h8-11,13-14,21-22,34H,3-7H2,1-2H3,(H,32,35)/t13?,21-,22?/m1/s1. The Labute approximate surface area is 204 Å². The Balaban J connectivity index is 1.59. The number of nitrogens with zero attached hydrogens (tertiary/aromatic N) is 2. The number of aliphatic hydroxyl groups is 1. The highest BCUT2D eigenvalue weighted by Crippen LogP contribution is 2.43. The normalized spacial score (nSPS) is 19.8. The van der Waals surface area contributed by atoms with E-state index < -0.39 is 53.4 Å². The summed E-state index contributed by atoms with van der Waals surface area (Å²) in [5, 5.41) is 12.7. The number of rotatable bonds is 6. The molecule has 11 heteroatoms. The molecule has 1 aliphatic carbocycles. The second-order valence-electron chi connectivity index (χ2n) is 9.42. The summed E-state index contributed by atoms with van der Waals surface area (Å²) in [7, 11) is 0. The van der Waals surface area contributed by atoms with Crippen molar-refractivity contribution in [2.45, 2.75) is 63.9 Å². The number of hydrogen-bond donors (Lipinski definition) is 2. The third-order valence-corrected chi connectivity index (χ3v) is 6.69. The summed E-state index contributed by atoms with van der Waals surface area (Å²) in [6.07, 6.45) is -2.58. The number of aromatic nitrogens is 1. The highest BCUT2D eigenvalue weighted by Gasteiger charge is 2.42. The van der Waals surface area contributed by atoms with Gasteiger partial charge >= 0.3 is 6.18 Å². The molecule has 4 rings (SSSR count). The fourth-order valence-corrected chi connectivity index (χ4v) is 4.67. The number of amides is 2. The van der Waals surface area contributed by atoms with Gasteiger partial charge in [-0.05, 0) is 63.6 Å². The van der Waals surface area contributed by atoms with E-state index in [2.05, 4.69) is 10.3 Å². The van der Waals surface area contributed by atoms with Crippen LogP contribution in [0.4, 0.5) is 22.0 Å². The maximum atomic E-state index is 14.7. The molecule has 2 aromatic rings. The van der Waals surface area contributed by atoms with Crippen LogP contribution in [-0.4, -0.2) is 39.4 Å². The fourth-order valence-electron chi connectivity index (χ4n) is 4.67. The van der Waals surface area contributed by atoms with Crippen LogP contribution >= 0.6 is 0 Å². The van der Waals surface area contributed by atoms with Crippen molar-refractivity contribution < 1.29 is 36.6 Å². The molecule has 2 unspecified atom stereocenters. The Kier molecular flexibility index (Phi) is 7.05. The van der Waals surface area contributed by atoms with Crippen molar-refractivity contribution in [2.24, 2.45) is 5.92 Å². The van der Waals surface area contributed by atoms with Crippen LogP contribution in [0.3, 0.4) is 0 Å². The number of benzene rings is 1. The summed E-state index contributed by atoms with van der Waals surface area (Å²) in [6.45, 7) is 3.46. The van der Waals surface area contributed by atoms with Crippen molar-refractivity contribution >= 4 is 11.8 Å². The highest BCUT2D eigenvalue weighted by atomic mass is 19.4. The Morgan fingerprint density at radius 1 is 1.11 bits per heavy atom. The Morgan fingerprint density at radius 2 is 1.81 bits per heavy atom. The molecule has 36 heavy (non-hydrogen) atoms. The zero-order valence-corrected chi connectivity index (χ0v) is 19.7.